The number of nitrogens with zero attached hydrogens (tertiary/aromatic N) is 2. The van der Waals surface area contributed by atoms with Crippen molar-refractivity contribution < 1.29 is 27.9 Å². The molecule has 0 fully saturated rings. The number of rotatable bonds is 8. The van der Waals surface area contributed by atoms with Crippen molar-refractivity contribution in [3.8, 4) is 0 Å². The highest BCUT2D eigenvalue weighted by Gasteiger charge is 2.32. The van der Waals surface area contributed by atoms with E-state index in [2.05, 4.69) is 15.3 Å². The molecule has 176 valence electrons. The van der Waals surface area contributed by atoms with Crippen LogP contribution in [-0.4, -0.2) is 33.4 Å². The fraction of sp³-hybridized carbons (Fsp3) is 0.217. The number of hydrogen-bond donors (Lipinski definition) is 2. The SMILES string of the molecule is O=C(Cc1nc2ccc(NC(=O)C(CCO)c3cccc(C(F)(F)F)c3)cc2s1)c1cscn1. The second kappa shape index (κ2) is 10.00. The van der Waals surface area contributed by atoms with E-state index in [-0.39, 0.29) is 30.8 Å². The maximum Gasteiger partial charge on any atom is 0.416 e. The van der Waals surface area contributed by atoms with Crippen molar-refractivity contribution in [3.05, 3.63) is 75.2 Å². The molecular weight excluding hydrogens is 487 g/mol. The standard InChI is InChI=1S/C23H18F3N3O3S2/c24-23(25,26)14-3-1-2-13(8-14)16(6-7-30)22(32)28-15-4-5-17-20(9-15)34-21(29-17)10-19(31)18-11-33-12-27-18/h1-5,8-9,11-12,16,30H,6-7,10H2,(H,28,32). The Morgan fingerprint density at radius 2 is 1.97 bits per heavy atom. The molecule has 0 bridgehead atoms. The third kappa shape index (κ3) is 5.49. The zero-order chi connectivity index (χ0) is 24.3. The van der Waals surface area contributed by atoms with E-state index < -0.39 is 23.6 Å². The number of aromatic nitrogens is 2. The Balaban J connectivity index is 1.52. The van der Waals surface area contributed by atoms with Crippen LogP contribution in [0.1, 0.15) is 39.0 Å². The lowest BCUT2D eigenvalue weighted by molar-refractivity contribution is -0.137. The fourth-order valence-electron chi connectivity index (χ4n) is 3.44. The molecule has 2 aromatic heterocycles. The van der Waals surface area contributed by atoms with E-state index in [1.54, 1.807) is 29.1 Å². The number of aliphatic hydroxyl groups excluding tert-OH is 1. The molecule has 4 aromatic rings. The quantitative estimate of drug-likeness (QED) is 0.317. The van der Waals surface area contributed by atoms with Gasteiger partial charge in [-0.05, 0) is 36.2 Å². The largest absolute Gasteiger partial charge is 0.416 e. The van der Waals surface area contributed by atoms with Crippen molar-refractivity contribution in [3.63, 3.8) is 0 Å². The molecule has 2 N–H and O–H groups in total. The number of anilines is 1. The summed E-state index contributed by atoms with van der Waals surface area (Å²) in [6.45, 7) is -0.363. The van der Waals surface area contributed by atoms with Crippen molar-refractivity contribution in [1.29, 1.82) is 0 Å². The minimum Gasteiger partial charge on any atom is -0.396 e. The summed E-state index contributed by atoms with van der Waals surface area (Å²) in [7, 11) is 0. The Kier molecular flexibility index (Phi) is 7.05. The summed E-state index contributed by atoms with van der Waals surface area (Å²) >= 11 is 2.65. The van der Waals surface area contributed by atoms with E-state index in [0.29, 0.717) is 21.9 Å². The van der Waals surface area contributed by atoms with E-state index in [0.717, 1.165) is 16.8 Å². The summed E-state index contributed by atoms with van der Waals surface area (Å²) in [5.74, 6) is -1.63. The van der Waals surface area contributed by atoms with Gasteiger partial charge in [-0.3, -0.25) is 9.59 Å². The maximum absolute atomic E-state index is 13.1. The predicted molar refractivity (Wildman–Crippen MR) is 124 cm³/mol. The van der Waals surface area contributed by atoms with Crippen LogP contribution in [0.15, 0.2) is 53.4 Å². The number of ketones is 1. The lowest BCUT2D eigenvalue weighted by Crippen LogP contribution is -2.22. The van der Waals surface area contributed by atoms with Gasteiger partial charge in [0.25, 0.3) is 0 Å². The Bertz CT molecular complexity index is 1320. The Labute approximate surface area is 200 Å². The molecule has 0 aliphatic rings. The van der Waals surface area contributed by atoms with Gasteiger partial charge in [0.15, 0.2) is 5.78 Å². The highest BCUT2D eigenvalue weighted by Crippen LogP contribution is 2.33. The molecule has 0 spiro atoms. The number of hydrogen-bond acceptors (Lipinski definition) is 7. The van der Waals surface area contributed by atoms with E-state index in [1.807, 2.05) is 0 Å². The van der Waals surface area contributed by atoms with Gasteiger partial charge < -0.3 is 10.4 Å². The summed E-state index contributed by atoms with van der Waals surface area (Å²) in [6, 6.07) is 9.58. The zero-order valence-corrected chi connectivity index (χ0v) is 19.1. The van der Waals surface area contributed by atoms with Gasteiger partial charge in [-0.15, -0.1) is 22.7 Å². The zero-order valence-electron chi connectivity index (χ0n) is 17.5. The van der Waals surface area contributed by atoms with Crippen LogP contribution < -0.4 is 5.32 Å². The molecule has 0 aliphatic heterocycles. The highest BCUT2D eigenvalue weighted by atomic mass is 32.1. The third-order valence-electron chi connectivity index (χ3n) is 5.08. The summed E-state index contributed by atoms with van der Waals surface area (Å²) in [5, 5.41) is 14.4. The minimum absolute atomic E-state index is 0.0289. The molecule has 1 unspecified atom stereocenters. The van der Waals surface area contributed by atoms with Crippen molar-refractivity contribution in [1.82, 2.24) is 9.97 Å². The van der Waals surface area contributed by atoms with Gasteiger partial charge in [0, 0.05) is 17.7 Å². The number of aliphatic hydroxyl groups is 1. The number of fused-ring (bicyclic) bond motifs is 1. The number of thiazole rings is 2. The number of carbonyl (C=O) groups is 2. The topological polar surface area (TPSA) is 92.2 Å². The maximum atomic E-state index is 13.1. The van der Waals surface area contributed by atoms with Crippen molar-refractivity contribution >= 4 is 50.3 Å². The smallest absolute Gasteiger partial charge is 0.396 e. The van der Waals surface area contributed by atoms with E-state index >= 15 is 0 Å². The van der Waals surface area contributed by atoms with E-state index in [1.165, 1.54) is 34.8 Å². The average Bonchev–Trinajstić information content (AvgIpc) is 3.46. The van der Waals surface area contributed by atoms with Gasteiger partial charge in [-0.1, -0.05) is 18.2 Å². The summed E-state index contributed by atoms with van der Waals surface area (Å²) in [4.78, 5) is 33.7. The third-order valence-corrected chi connectivity index (χ3v) is 6.69. The molecule has 34 heavy (non-hydrogen) atoms. The van der Waals surface area contributed by atoms with Crippen LogP contribution >= 0.6 is 22.7 Å². The molecule has 6 nitrogen and oxygen atoms in total. The first kappa shape index (κ1) is 24.0. The summed E-state index contributed by atoms with van der Waals surface area (Å²) in [5.41, 5.74) is 2.39. The van der Waals surface area contributed by atoms with Crippen LogP contribution in [-0.2, 0) is 17.4 Å². The number of amides is 1. The molecule has 0 radical (unpaired) electrons. The van der Waals surface area contributed by atoms with Crippen LogP contribution in [0.4, 0.5) is 18.9 Å². The van der Waals surface area contributed by atoms with E-state index in [4.69, 9.17) is 0 Å². The van der Waals surface area contributed by atoms with Crippen molar-refractivity contribution in [2.75, 3.05) is 11.9 Å². The van der Waals surface area contributed by atoms with Crippen molar-refractivity contribution in [2.24, 2.45) is 0 Å². The lowest BCUT2D eigenvalue weighted by Gasteiger charge is -2.18. The molecule has 2 aromatic carbocycles. The molecule has 1 amide bonds. The molecule has 11 heteroatoms. The van der Waals surface area contributed by atoms with Gasteiger partial charge in [0.2, 0.25) is 5.91 Å². The highest BCUT2D eigenvalue weighted by molar-refractivity contribution is 7.18. The summed E-state index contributed by atoms with van der Waals surface area (Å²) < 4.78 is 40.0. The first-order valence-corrected chi connectivity index (χ1v) is 11.9. The Hall–Kier alpha value is -3.15. The number of nitrogens with one attached hydrogen (secondary N) is 1. The van der Waals surface area contributed by atoms with E-state index in [9.17, 15) is 27.9 Å². The Morgan fingerprint density at radius 1 is 1.15 bits per heavy atom. The van der Waals surface area contributed by atoms with Gasteiger partial charge in [-0.2, -0.15) is 13.2 Å². The molecule has 0 aliphatic carbocycles. The normalized spacial score (nSPS) is 12.6. The van der Waals surface area contributed by atoms with Gasteiger partial charge in [-0.25, -0.2) is 9.97 Å². The van der Waals surface area contributed by atoms with Gasteiger partial charge in [0.1, 0.15) is 10.7 Å². The number of alkyl halides is 3. The lowest BCUT2D eigenvalue weighted by atomic mass is 9.93. The number of carbonyl (C=O) groups excluding carboxylic acids is 2. The van der Waals surface area contributed by atoms with Crippen LogP contribution in [0.3, 0.4) is 0 Å². The van der Waals surface area contributed by atoms with Crippen LogP contribution in [0, 0.1) is 0 Å². The second-order valence-corrected chi connectivity index (χ2v) is 9.27. The molecular formula is C23H18F3N3O3S2. The molecule has 4 rings (SSSR count). The van der Waals surface area contributed by atoms with Crippen molar-refractivity contribution in [2.45, 2.75) is 24.9 Å². The molecule has 0 saturated heterocycles. The minimum atomic E-state index is -4.54. The Morgan fingerprint density at radius 3 is 2.68 bits per heavy atom. The predicted octanol–water partition coefficient (Wildman–Crippen LogP) is 5.30. The first-order chi connectivity index (χ1) is 16.2. The van der Waals surface area contributed by atoms with Gasteiger partial charge >= 0.3 is 6.18 Å². The first-order valence-electron chi connectivity index (χ1n) is 10.1. The van der Waals surface area contributed by atoms with Crippen LogP contribution in [0.2, 0.25) is 0 Å². The second-order valence-electron chi connectivity index (χ2n) is 7.44. The summed E-state index contributed by atoms with van der Waals surface area (Å²) in [6.07, 6.45) is -4.45. The van der Waals surface area contributed by atoms with Gasteiger partial charge in [0.05, 0.1) is 33.6 Å². The van der Waals surface area contributed by atoms with Crippen LogP contribution in [0.5, 0.6) is 0 Å². The molecule has 1 atom stereocenters. The average molecular weight is 506 g/mol. The molecule has 2 heterocycles. The number of halogens is 3. The number of Topliss-reactive ketones (excluding diaryl/α,β-unsaturated/α-hetero) is 1. The fourth-order valence-corrected chi connectivity index (χ4v) is 5.00. The number of benzene rings is 2. The molecule has 0 saturated carbocycles. The monoisotopic (exact) mass is 505 g/mol. The van der Waals surface area contributed by atoms with Crippen LogP contribution in [0.25, 0.3) is 10.2 Å².